The van der Waals surface area contributed by atoms with Crippen molar-refractivity contribution in [3.05, 3.63) is 42.1 Å². The Labute approximate surface area is 97.3 Å². The lowest BCUT2D eigenvalue weighted by atomic mass is 9.75. The maximum absolute atomic E-state index is 13.3. The lowest BCUT2D eigenvalue weighted by Gasteiger charge is -2.43. The summed E-state index contributed by atoms with van der Waals surface area (Å²) in [4.78, 5) is 2.22. The largest absolute Gasteiger partial charge is 0.300 e. The first-order chi connectivity index (χ1) is 7.65. The Kier molecular flexibility index (Phi) is 3.29. The minimum atomic E-state index is -0.141. The minimum Gasteiger partial charge on any atom is -0.300 e. The third-order valence-corrected chi connectivity index (χ3v) is 3.65. The Bertz CT molecular complexity index is 354. The topological polar surface area (TPSA) is 3.24 Å². The maximum Gasteiger partial charge on any atom is 0.123 e. The van der Waals surface area contributed by atoms with Crippen LogP contribution in [-0.4, -0.2) is 19.0 Å². The molecule has 86 valence electrons. The van der Waals surface area contributed by atoms with Crippen LogP contribution >= 0.6 is 0 Å². The molecule has 0 spiro atoms. The number of rotatable bonds is 2. The normalized spacial score (nSPS) is 20.0. The standard InChI is InChI=1S/C14H18FN/c1-16(2)14(9-4-3-5-10-14)12-7-6-8-13(15)11-12/h6-8,11H,4-5,9-10H2,1-2H3. The van der Waals surface area contributed by atoms with E-state index in [4.69, 9.17) is 0 Å². The van der Waals surface area contributed by atoms with E-state index in [1.165, 1.54) is 6.07 Å². The lowest BCUT2D eigenvalue weighted by molar-refractivity contribution is 0.112. The summed E-state index contributed by atoms with van der Waals surface area (Å²) >= 11 is 0. The highest BCUT2D eigenvalue weighted by atomic mass is 19.1. The molecule has 1 aliphatic rings. The van der Waals surface area contributed by atoms with Crippen LogP contribution in [0.2, 0.25) is 0 Å². The first-order valence-electron chi connectivity index (χ1n) is 5.79. The molecule has 2 radical (unpaired) electrons. The molecule has 0 aromatic heterocycles. The molecule has 1 nitrogen and oxygen atoms in total. The summed E-state index contributed by atoms with van der Waals surface area (Å²) in [6, 6.07) is 7.02. The highest BCUT2D eigenvalue weighted by Crippen LogP contribution is 2.40. The van der Waals surface area contributed by atoms with E-state index in [2.05, 4.69) is 25.4 Å². The molecule has 1 aromatic carbocycles. The lowest BCUT2D eigenvalue weighted by Crippen LogP contribution is -2.43. The van der Waals surface area contributed by atoms with Crippen molar-refractivity contribution in [1.82, 2.24) is 4.90 Å². The second-order valence-corrected chi connectivity index (χ2v) is 4.69. The van der Waals surface area contributed by atoms with Gasteiger partial charge < -0.3 is 0 Å². The van der Waals surface area contributed by atoms with Crippen LogP contribution in [-0.2, 0) is 5.54 Å². The highest BCUT2D eigenvalue weighted by Gasteiger charge is 2.36. The second kappa shape index (κ2) is 4.54. The summed E-state index contributed by atoms with van der Waals surface area (Å²) in [6.07, 6.45) is 7.41. The van der Waals surface area contributed by atoms with Crippen molar-refractivity contribution < 1.29 is 4.39 Å². The third kappa shape index (κ3) is 1.99. The van der Waals surface area contributed by atoms with Gasteiger partial charge in [0.05, 0.1) is 0 Å². The molecular weight excluding hydrogens is 201 g/mol. The first-order valence-corrected chi connectivity index (χ1v) is 5.79. The maximum atomic E-state index is 13.3. The number of benzene rings is 1. The molecule has 1 aromatic rings. The van der Waals surface area contributed by atoms with Gasteiger partial charge in [-0.15, -0.1) is 0 Å². The van der Waals surface area contributed by atoms with Crippen LogP contribution in [0.3, 0.4) is 0 Å². The zero-order valence-electron chi connectivity index (χ0n) is 9.96. The zero-order chi connectivity index (χ0) is 11.6. The number of nitrogens with zero attached hydrogens (tertiary/aromatic N) is 1. The van der Waals surface area contributed by atoms with Gasteiger partial charge >= 0.3 is 0 Å². The Morgan fingerprint density at radius 1 is 1.25 bits per heavy atom. The van der Waals surface area contributed by atoms with Crippen LogP contribution in [0, 0.1) is 12.2 Å². The van der Waals surface area contributed by atoms with Gasteiger partial charge in [0.1, 0.15) is 5.82 Å². The fraction of sp³-hybridized carbons (Fsp3) is 0.500. The fourth-order valence-corrected chi connectivity index (χ4v) is 2.61. The molecule has 16 heavy (non-hydrogen) atoms. The number of halogens is 1. The quantitative estimate of drug-likeness (QED) is 0.738. The molecule has 2 rings (SSSR count). The smallest absolute Gasteiger partial charge is 0.123 e. The van der Waals surface area contributed by atoms with Crippen molar-refractivity contribution in [2.75, 3.05) is 14.1 Å². The van der Waals surface area contributed by atoms with Crippen molar-refractivity contribution in [3.8, 4) is 0 Å². The molecule has 0 atom stereocenters. The summed E-state index contributed by atoms with van der Waals surface area (Å²) in [5, 5.41) is 0. The van der Waals surface area contributed by atoms with Crippen molar-refractivity contribution in [1.29, 1.82) is 0 Å². The molecule has 0 heterocycles. The van der Waals surface area contributed by atoms with E-state index in [1.54, 1.807) is 12.1 Å². The van der Waals surface area contributed by atoms with Crippen LogP contribution in [0.4, 0.5) is 4.39 Å². The summed E-state index contributed by atoms with van der Waals surface area (Å²) in [6.45, 7) is 0. The molecule has 0 unspecified atom stereocenters. The van der Waals surface area contributed by atoms with Crippen molar-refractivity contribution in [3.63, 3.8) is 0 Å². The monoisotopic (exact) mass is 219 g/mol. The van der Waals surface area contributed by atoms with Gasteiger partial charge in [0.15, 0.2) is 0 Å². The van der Waals surface area contributed by atoms with E-state index < -0.39 is 0 Å². The Hall–Kier alpha value is -0.890. The second-order valence-electron chi connectivity index (χ2n) is 4.69. The molecule has 1 saturated carbocycles. The van der Waals surface area contributed by atoms with Crippen LogP contribution in [0.25, 0.3) is 0 Å². The van der Waals surface area contributed by atoms with Crippen LogP contribution < -0.4 is 0 Å². The molecule has 2 heteroatoms. The summed E-state index contributed by atoms with van der Waals surface area (Å²) in [5.41, 5.74) is 1.09. The van der Waals surface area contributed by atoms with E-state index in [9.17, 15) is 4.39 Å². The van der Waals surface area contributed by atoms with Gasteiger partial charge in [-0.1, -0.05) is 12.1 Å². The van der Waals surface area contributed by atoms with Gasteiger partial charge in [-0.3, -0.25) is 4.90 Å². The van der Waals surface area contributed by atoms with Gasteiger partial charge in [-0.05, 0) is 63.9 Å². The average molecular weight is 219 g/mol. The molecular formula is C14H18FN. The van der Waals surface area contributed by atoms with Gasteiger partial charge in [0.2, 0.25) is 0 Å². The Morgan fingerprint density at radius 2 is 1.94 bits per heavy atom. The van der Waals surface area contributed by atoms with Crippen molar-refractivity contribution >= 4 is 0 Å². The van der Waals surface area contributed by atoms with Gasteiger partial charge in [-0.2, -0.15) is 0 Å². The van der Waals surface area contributed by atoms with E-state index in [1.807, 2.05) is 6.07 Å². The van der Waals surface area contributed by atoms with E-state index >= 15 is 0 Å². The predicted molar refractivity (Wildman–Crippen MR) is 63.5 cm³/mol. The van der Waals surface area contributed by atoms with Crippen molar-refractivity contribution in [2.45, 2.75) is 31.2 Å². The summed E-state index contributed by atoms with van der Waals surface area (Å²) < 4.78 is 13.3. The van der Waals surface area contributed by atoms with E-state index in [0.29, 0.717) is 0 Å². The van der Waals surface area contributed by atoms with Crippen LogP contribution in [0.15, 0.2) is 24.3 Å². The van der Waals surface area contributed by atoms with Crippen LogP contribution in [0.5, 0.6) is 0 Å². The SMILES string of the molecule is CN(C)C1(c2cccc(F)c2)CC[C]CC1. The third-order valence-electron chi connectivity index (χ3n) is 3.65. The van der Waals surface area contributed by atoms with Crippen LogP contribution in [0.1, 0.15) is 31.2 Å². The van der Waals surface area contributed by atoms with E-state index in [-0.39, 0.29) is 11.4 Å². The van der Waals surface area contributed by atoms with Gasteiger partial charge in [0.25, 0.3) is 0 Å². The molecule has 1 aliphatic carbocycles. The summed E-state index contributed by atoms with van der Waals surface area (Å²) in [7, 11) is 4.16. The average Bonchev–Trinajstić information content (AvgIpc) is 2.30. The molecule has 0 bridgehead atoms. The minimum absolute atomic E-state index is 0.00660. The number of hydrogen-bond acceptors (Lipinski definition) is 1. The number of hydrogen-bond donors (Lipinski definition) is 0. The Morgan fingerprint density at radius 3 is 2.50 bits per heavy atom. The summed E-state index contributed by atoms with van der Waals surface area (Å²) in [5.74, 6) is -0.141. The Balaban J connectivity index is 2.38. The highest BCUT2D eigenvalue weighted by molar-refractivity contribution is 5.26. The van der Waals surface area contributed by atoms with Gasteiger partial charge in [-0.25, -0.2) is 4.39 Å². The molecule has 0 N–H and O–H groups in total. The predicted octanol–water partition coefficient (Wildman–Crippen LogP) is 3.24. The molecule has 0 aliphatic heterocycles. The van der Waals surface area contributed by atoms with Crippen molar-refractivity contribution in [2.24, 2.45) is 0 Å². The fourth-order valence-electron chi connectivity index (χ4n) is 2.61. The van der Waals surface area contributed by atoms with E-state index in [0.717, 1.165) is 31.2 Å². The zero-order valence-corrected chi connectivity index (χ0v) is 9.96. The molecule has 1 fully saturated rings. The molecule has 0 saturated heterocycles. The first kappa shape index (κ1) is 11.6. The molecule has 0 amide bonds. The van der Waals surface area contributed by atoms with Gasteiger partial charge in [0, 0.05) is 5.54 Å².